The topological polar surface area (TPSA) is 113 Å². The highest BCUT2D eigenvalue weighted by molar-refractivity contribution is 5.90. The first-order valence-corrected chi connectivity index (χ1v) is 5.06. The van der Waals surface area contributed by atoms with Gasteiger partial charge in [-0.1, -0.05) is 5.21 Å². The molecule has 0 bridgehead atoms. The predicted octanol–water partition coefficient (Wildman–Crippen LogP) is -0.173. The smallest absolute Gasteiger partial charge is 0.341 e. The molecule has 1 amide bonds. The first-order valence-electron chi connectivity index (χ1n) is 5.06. The quantitative estimate of drug-likeness (QED) is 0.737. The van der Waals surface area contributed by atoms with E-state index in [9.17, 15) is 9.59 Å². The third kappa shape index (κ3) is 2.73. The second-order valence-electron chi connectivity index (χ2n) is 3.38. The molecular weight excluding hydrogens is 240 g/mol. The molecule has 0 saturated heterocycles. The molecule has 0 unspecified atom stereocenters. The van der Waals surface area contributed by atoms with E-state index >= 15 is 0 Å². The van der Waals surface area contributed by atoms with Crippen LogP contribution in [0, 0.1) is 0 Å². The molecule has 2 heterocycles. The zero-order chi connectivity index (χ0) is 13.0. The summed E-state index contributed by atoms with van der Waals surface area (Å²) in [5, 5.41) is 7.20. The number of esters is 1. The molecule has 0 saturated carbocycles. The minimum atomic E-state index is -0.656. The average molecular weight is 250 g/mol. The Morgan fingerprint density at radius 1 is 1.50 bits per heavy atom. The largest absolute Gasteiger partial charge is 0.472 e. The third-order valence-corrected chi connectivity index (χ3v) is 2.10. The van der Waals surface area contributed by atoms with Crippen LogP contribution in [0.4, 0.5) is 0 Å². The van der Waals surface area contributed by atoms with Gasteiger partial charge in [0.05, 0.1) is 24.6 Å². The molecule has 0 aliphatic rings. The maximum atomic E-state index is 11.4. The fourth-order valence-corrected chi connectivity index (χ4v) is 1.22. The van der Waals surface area contributed by atoms with Crippen LogP contribution < -0.4 is 5.73 Å². The molecule has 2 aromatic rings. The van der Waals surface area contributed by atoms with Gasteiger partial charge in [-0.05, 0) is 6.07 Å². The number of carbonyl (C=O) groups is 2. The lowest BCUT2D eigenvalue weighted by molar-refractivity contribution is 0.0486. The van der Waals surface area contributed by atoms with E-state index in [0.717, 1.165) is 0 Å². The fourth-order valence-electron chi connectivity index (χ4n) is 1.22. The van der Waals surface area contributed by atoms with Crippen LogP contribution in [0.1, 0.15) is 20.8 Å². The zero-order valence-corrected chi connectivity index (χ0v) is 9.28. The molecule has 0 fully saturated rings. The van der Waals surface area contributed by atoms with E-state index in [0.29, 0.717) is 5.56 Å². The molecule has 0 aromatic carbocycles. The SMILES string of the molecule is NC(=O)c1cn(CCOC(=O)c2ccoc2)nn1. The number of ether oxygens (including phenoxy) is 1. The van der Waals surface area contributed by atoms with Gasteiger partial charge in [0, 0.05) is 0 Å². The Labute approximate surface area is 101 Å². The molecule has 0 atom stereocenters. The van der Waals surface area contributed by atoms with Crippen LogP contribution in [0.25, 0.3) is 0 Å². The standard InChI is InChI=1S/C10H10N4O4/c11-9(15)8-5-14(13-12-8)2-4-18-10(16)7-1-3-17-6-7/h1,3,5-6H,2,4H2,(H2,11,15). The maximum Gasteiger partial charge on any atom is 0.341 e. The summed E-state index contributed by atoms with van der Waals surface area (Å²) in [6.45, 7) is 0.384. The molecular formula is C10H10N4O4. The Balaban J connectivity index is 1.81. The van der Waals surface area contributed by atoms with Gasteiger partial charge in [-0.25, -0.2) is 9.48 Å². The maximum absolute atomic E-state index is 11.4. The van der Waals surface area contributed by atoms with Gasteiger partial charge in [0.1, 0.15) is 12.9 Å². The summed E-state index contributed by atoms with van der Waals surface area (Å²) in [5.74, 6) is -1.14. The van der Waals surface area contributed by atoms with Crippen molar-refractivity contribution >= 4 is 11.9 Å². The van der Waals surface area contributed by atoms with Crippen molar-refractivity contribution in [1.82, 2.24) is 15.0 Å². The van der Waals surface area contributed by atoms with E-state index in [2.05, 4.69) is 10.3 Å². The number of primary amides is 1. The van der Waals surface area contributed by atoms with Gasteiger partial charge in [-0.15, -0.1) is 5.10 Å². The summed E-state index contributed by atoms with van der Waals surface area (Å²) in [7, 11) is 0. The first-order chi connectivity index (χ1) is 8.66. The average Bonchev–Trinajstić information content (AvgIpc) is 3.00. The van der Waals surface area contributed by atoms with Crippen molar-refractivity contribution in [2.24, 2.45) is 5.73 Å². The second-order valence-corrected chi connectivity index (χ2v) is 3.38. The van der Waals surface area contributed by atoms with Crippen molar-refractivity contribution in [1.29, 1.82) is 0 Å². The lowest BCUT2D eigenvalue weighted by Gasteiger charge is -2.02. The number of nitrogens with two attached hydrogens (primary N) is 1. The van der Waals surface area contributed by atoms with Gasteiger partial charge in [0.15, 0.2) is 5.69 Å². The van der Waals surface area contributed by atoms with Crippen LogP contribution in [-0.2, 0) is 11.3 Å². The highest BCUT2D eigenvalue weighted by Gasteiger charge is 2.09. The van der Waals surface area contributed by atoms with Crippen molar-refractivity contribution in [2.45, 2.75) is 6.54 Å². The van der Waals surface area contributed by atoms with E-state index in [1.807, 2.05) is 0 Å². The number of hydrogen-bond donors (Lipinski definition) is 1. The van der Waals surface area contributed by atoms with Crippen molar-refractivity contribution < 1.29 is 18.7 Å². The zero-order valence-electron chi connectivity index (χ0n) is 9.28. The molecule has 0 aliphatic carbocycles. The molecule has 0 spiro atoms. The van der Waals surface area contributed by atoms with Gasteiger partial charge in [0.2, 0.25) is 0 Å². The molecule has 8 heteroatoms. The van der Waals surface area contributed by atoms with Crippen LogP contribution in [0.3, 0.4) is 0 Å². The molecule has 0 radical (unpaired) electrons. The summed E-state index contributed by atoms with van der Waals surface area (Å²) in [5.41, 5.74) is 5.42. The van der Waals surface area contributed by atoms with E-state index in [1.54, 1.807) is 0 Å². The Bertz CT molecular complexity index is 546. The van der Waals surface area contributed by atoms with Crippen LogP contribution in [-0.4, -0.2) is 33.5 Å². The number of nitrogens with zero attached hydrogens (tertiary/aromatic N) is 3. The third-order valence-electron chi connectivity index (χ3n) is 2.10. The van der Waals surface area contributed by atoms with Crippen LogP contribution >= 0.6 is 0 Å². The Kier molecular flexibility index (Phi) is 3.37. The van der Waals surface area contributed by atoms with Gasteiger partial charge < -0.3 is 14.9 Å². The molecule has 2 aromatic heterocycles. The summed E-state index contributed by atoms with van der Waals surface area (Å²) in [4.78, 5) is 22.2. The Morgan fingerprint density at radius 2 is 2.33 bits per heavy atom. The summed E-state index contributed by atoms with van der Waals surface area (Å²) < 4.78 is 11.1. The van der Waals surface area contributed by atoms with Crippen molar-refractivity contribution in [3.8, 4) is 0 Å². The lowest BCUT2D eigenvalue weighted by Crippen LogP contribution is -2.12. The monoisotopic (exact) mass is 250 g/mol. The van der Waals surface area contributed by atoms with E-state index in [1.165, 1.54) is 29.5 Å². The Hall–Kier alpha value is -2.64. The van der Waals surface area contributed by atoms with Gasteiger partial charge in [-0.2, -0.15) is 0 Å². The normalized spacial score (nSPS) is 10.2. The highest BCUT2D eigenvalue weighted by Crippen LogP contribution is 2.02. The number of aromatic nitrogens is 3. The van der Waals surface area contributed by atoms with Crippen LogP contribution in [0.2, 0.25) is 0 Å². The second kappa shape index (κ2) is 5.13. The van der Waals surface area contributed by atoms with E-state index in [4.69, 9.17) is 14.9 Å². The summed E-state index contributed by atoms with van der Waals surface area (Å²) in [6, 6.07) is 1.50. The number of hydrogen-bond acceptors (Lipinski definition) is 6. The minimum Gasteiger partial charge on any atom is -0.472 e. The van der Waals surface area contributed by atoms with Crippen molar-refractivity contribution in [3.05, 3.63) is 36.0 Å². The molecule has 2 rings (SSSR count). The van der Waals surface area contributed by atoms with E-state index in [-0.39, 0.29) is 18.8 Å². The summed E-state index contributed by atoms with van der Waals surface area (Å²) >= 11 is 0. The minimum absolute atomic E-state index is 0.0659. The molecule has 18 heavy (non-hydrogen) atoms. The Morgan fingerprint density at radius 3 is 2.94 bits per heavy atom. The van der Waals surface area contributed by atoms with Crippen LogP contribution in [0.15, 0.2) is 29.2 Å². The molecule has 0 aliphatic heterocycles. The number of amides is 1. The number of furan rings is 1. The van der Waals surface area contributed by atoms with Crippen LogP contribution in [0.5, 0.6) is 0 Å². The highest BCUT2D eigenvalue weighted by atomic mass is 16.5. The molecule has 8 nitrogen and oxygen atoms in total. The van der Waals surface area contributed by atoms with Gasteiger partial charge in [-0.3, -0.25) is 4.79 Å². The predicted molar refractivity (Wildman–Crippen MR) is 57.5 cm³/mol. The van der Waals surface area contributed by atoms with E-state index < -0.39 is 11.9 Å². The van der Waals surface area contributed by atoms with Gasteiger partial charge >= 0.3 is 5.97 Å². The number of carbonyl (C=O) groups excluding carboxylic acids is 2. The van der Waals surface area contributed by atoms with Gasteiger partial charge in [0.25, 0.3) is 5.91 Å². The molecule has 2 N–H and O–H groups in total. The fraction of sp³-hybridized carbons (Fsp3) is 0.200. The molecule has 94 valence electrons. The number of rotatable bonds is 5. The first kappa shape index (κ1) is 11.8. The van der Waals surface area contributed by atoms with Crippen molar-refractivity contribution in [3.63, 3.8) is 0 Å². The lowest BCUT2D eigenvalue weighted by atomic mass is 10.3. The van der Waals surface area contributed by atoms with Crippen molar-refractivity contribution in [2.75, 3.05) is 6.61 Å². The summed E-state index contributed by atoms with van der Waals surface area (Å²) in [6.07, 6.45) is 4.06.